The number of benzene rings is 1. The van der Waals surface area contributed by atoms with Crippen molar-refractivity contribution in [1.29, 1.82) is 0 Å². The molecule has 86 valence electrons. The van der Waals surface area contributed by atoms with Gasteiger partial charge in [0.25, 0.3) is 0 Å². The van der Waals surface area contributed by atoms with E-state index in [9.17, 15) is 0 Å². The van der Waals surface area contributed by atoms with E-state index in [0.717, 1.165) is 22.7 Å². The van der Waals surface area contributed by atoms with Crippen LogP contribution in [0.15, 0.2) is 30.6 Å². The van der Waals surface area contributed by atoms with Gasteiger partial charge in [0.05, 0.1) is 11.0 Å². The fourth-order valence-electron chi connectivity index (χ4n) is 1.76. The van der Waals surface area contributed by atoms with Gasteiger partial charge in [-0.2, -0.15) is 12.6 Å². The number of aryl methyl sites for hydroxylation is 1. The Morgan fingerprint density at radius 1 is 1.35 bits per heavy atom. The van der Waals surface area contributed by atoms with E-state index in [1.807, 2.05) is 35.9 Å². The smallest absolute Gasteiger partial charge is 0.153 e. The van der Waals surface area contributed by atoms with E-state index in [4.69, 9.17) is 0 Å². The molecule has 3 aromatic rings. The highest BCUT2D eigenvalue weighted by Crippen LogP contribution is 2.25. The number of hydrogen-bond donors (Lipinski definition) is 2. The largest absolute Gasteiger partial charge is 0.341 e. The van der Waals surface area contributed by atoms with Gasteiger partial charge in [0.2, 0.25) is 0 Å². The molecule has 0 saturated carbocycles. The second kappa shape index (κ2) is 3.89. The Labute approximate surface area is 103 Å². The van der Waals surface area contributed by atoms with Crippen LogP contribution in [0.25, 0.3) is 11.0 Å². The fourth-order valence-corrected chi connectivity index (χ4v) is 2.12. The van der Waals surface area contributed by atoms with Crippen LogP contribution in [0, 0.1) is 0 Å². The van der Waals surface area contributed by atoms with Gasteiger partial charge in [-0.3, -0.25) is 0 Å². The molecule has 0 amide bonds. The summed E-state index contributed by atoms with van der Waals surface area (Å²) < 4.78 is 1.84. The molecule has 2 aromatic heterocycles. The van der Waals surface area contributed by atoms with Gasteiger partial charge in [0, 0.05) is 7.05 Å². The first kappa shape index (κ1) is 10.3. The molecule has 3 rings (SSSR count). The second-order valence-corrected chi connectivity index (χ2v) is 4.36. The van der Waals surface area contributed by atoms with Gasteiger partial charge >= 0.3 is 0 Å². The number of thiol groups is 1. The summed E-state index contributed by atoms with van der Waals surface area (Å²) in [6, 6.07) is 7.89. The zero-order valence-corrected chi connectivity index (χ0v) is 10.1. The summed E-state index contributed by atoms with van der Waals surface area (Å²) in [5.74, 6) is 1.55. The van der Waals surface area contributed by atoms with Crippen LogP contribution < -0.4 is 0 Å². The van der Waals surface area contributed by atoms with E-state index < -0.39 is 0 Å². The first-order valence-electron chi connectivity index (χ1n) is 5.22. The van der Waals surface area contributed by atoms with Crippen LogP contribution in [0.4, 0.5) is 0 Å². The average Bonchev–Trinajstić information content (AvgIpc) is 2.93. The average molecular weight is 245 g/mol. The number of imidazole rings is 1. The molecule has 6 heteroatoms. The Hall–Kier alpha value is -1.82. The highest BCUT2D eigenvalue weighted by atomic mass is 32.1. The van der Waals surface area contributed by atoms with E-state index in [-0.39, 0.29) is 5.25 Å². The third kappa shape index (κ3) is 1.70. The zero-order chi connectivity index (χ0) is 11.8. The highest BCUT2D eigenvalue weighted by molar-refractivity contribution is 7.80. The lowest BCUT2D eigenvalue weighted by molar-refractivity contribution is 0.796. The van der Waals surface area contributed by atoms with Gasteiger partial charge in [-0.05, 0) is 12.1 Å². The van der Waals surface area contributed by atoms with Crippen LogP contribution in [0.2, 0.25) is 0 Å². The van der Waals surface area contributed by atoms with Crippen molar-refractivity contribution in [2.24, 2.45) is 7.05 Å². The van der Waals surface area contributed by atoms with Crippen LogP contribution in [0.1, 0.15) is 16.9 Å². The van der Waals surface area contributed by atoms with Gasteiger partial charge in [-0.1, -0.05) is 12.1 Å². The number of H-pyrrole nitrogens is 1. The van der Waals surface area contributed by atoms with Crippen LogP contribution >= 0.6 is 12.6 Å². The summed E-state index contributed by atoms with van der Waals surface area (Å²) in [7, 11) is 1.89. The number of nitrogens with zero attached hydrogens (tertiary/aromatic N) is 4. The summed E-state index contributed by atoms with van der Waals surface area (Å²) >= 11 is 4.54. The predicted molar refractivity (Wildman–Crippen MR) is 67.9 cm³/mol. The standard InChI is InChI=1S/C11H11N5S/c1-16-6-12-15-11(16)9(17)10-13-7-4-2-3-5-8(7)14-10/h2-6,9,17H,1H3,(H,13,14). The topological polar surface area (TPSA) is 59.4 Å². The van der Waals surface area contributed by atoms with Gasteiger partial charge in [-0.15, -0.1) is 10.2 Å². The lowest BCUT2D eigenvalue weighted by Gasteiger charge is -2.05. The minimum absolute atomic E-state index is 0.199. The lowest BCUT2D eigenvalue weighted by atomic mass is 10.3. The third-order valence-electron chi connectivity index (χ3n) is 2.66. The Balaban J connectivity index is 2.07. The molecular formula is C11H11N5S. The van der Waals surface area contributed by atoms with Crippen molar-refractivity contribution in [2.75, 3.05) is 0 Å². The number of aromatic nitrogens is 5. The molecule has 0 aliphatic rings. The number of nitrogens with one attached hydrogen (secondary N) is 1. The fraction of sp³-hybridized carbons (Fsp3) is 0.182. The predicted octanol–water partition coefficient (Wildman–Crippen LogP) is 1.71. The molecule has 0 radical (unpaired) electrons. The van der Waals surface area contributed by atoms with Crippen molar-refractivity contribution >= 4 is 23.7 Å². The Morgan fingerprint density at radius 3 is 2.88 bits per heavy atom. The maximum absolute atomic E-state index is 4.54. The van der Waals surface area contributed by atoms with Gasteiger partial charge < -0.3 is 9.55 Å². The van der Waals surface area contributed by atoms with Gasteiger partial charge in [-0.25, -0.2) is 4.98 Å². The summed E-state index contributed by atoms with van der Waals surface area (Å²) in [5, 5.41) is 7.68. The first-order chi connectivity index (χ1) is 8.25. The number of aromatic amines is 1. The molecule has 0 fully saturated rings. The molecule has 17 heavy (non-hydrogen) atoms. The number of fused-ring (bicyclic) bond motifs is 1. The van der Waals surface area contributed by atoms with Crippen LogP contribution in [-0.2, 0) is 7.05 Å². The van der Waals surface area contributed by atoms with E-state index >= 15 is 0 Å². The molecule has 0 aliphatic heterocycles. The normalized spacial score (nSPS) is 13.1. The lowest BCUT2D eigenvalue weighted by Crippen LogP contribution is -2.03. The molecule has 5 nitrogen and oxygen atoms in total. The van der Waals surface area contributed by atoms with Crippen LogP contribution in [0.5, 0.6) is 0 Å². The van der Waals surface area contributed by atoms with Crippen LogP contribution in [0.3, 0.4) is 0 Å². The van der Waals surface area contributed by atoms with Crippen molar-refractivity contribution < 1.29 is 0 Å². The molecule has 1 aromatic carbocycles. The van der Waals surface area contributed by atoms with Crippen LogP contribution in [-0.4, -0.2) is 24.7 Å². The minimum Gasteiger partial charge on any atom is -0.341 e. The Bertz CT molecular complexity index is 623. The molecule has 0 saturated heterocycles. The van der Waals surface area contributed by atoms with Crippen molar-refractivity contribution in [3.8, 4) is 0 Å². The number of para-hydroxylation sites is 2. The molecule has 1 unspecified atom stereocenters. The van der Waals surface area contributed by atoms with Crippen molar-refractivity contribution in [2.45, 2.75) is 5.25 Å². The zero-order valence-electron chi connectivity index (χ0n) is 9.20. The van der Waals surface area contributed by atoms with E-state index in [1.165, 1.54) is 0 Å². The molecule has 0 spiro atoms. The van der Waals surface area contributed by atoms with Gasteiger partial charge in [0.15, 0.2) is 5.82 Å². The molecular weight excluding hydrogens is 234 g/mol. The van der Waals surface area contributed by atoms with E-state index in [0.29, 0.717) is 0 Å². The Kier molecular flexibility index (Phi) is 2.36. The van der Waals surface area contributed by atoms with E-state index in [2.05, 4.69) is 32.8 Å². The molecule has 2 heterocycles. The molecule has 0 bridgehead atoms. The summed E-state index contributed by atoms with van der Waals surface area (Å²) in [4.78, 5) is 7.74. The quantitative estimate of drug-likeness (QED) is 0.676. The molecule has 1 N–H and O–H groups in total. The van der Waals surface area contributed by atoms with Crippen molar-refractivity contribution in [3.63, 3.8) is 0 Å². The second-order valence-electron chi connectivity index (χ2n) is 3.84. The maximum atomic E-state index is 4.54. The molecule has 0 aliphatic carbocycles. The summed E-state index contributed by atoms with van der Waals surface area (Å²) in [6.07, 6.45) is 1.65. The van der Waals surface area contributed by atoms with Crippen molar-refractivity contribution in [1.82, 2.24) is 24.7 Å². The SMILES string of the molecule is Cn1cnnc1C(S)c1nc2ccccc2[nH]1. The Morgan fingerprint density at radius 2 is 2.18 bits per heavy atom. The molecule has 1 atom stereocenters. The first-order valence-corrected chi connectivity index (χ1v) is 5.74. The third-order valence-corrected chi connectivity index (χ3v) is 3.13. The number of rotatable bonds is 2. The highest BCUT2D eigenvalue weighted by Gasteiger charge is 2.18. The minimum atomic E-state index is -0.199. The summed E-state index contributed by atoms with van der Waals surface area (Å²) in [6.45, 7) is 0. The summed E-state index contributed by atoms with van der Waals surface area (Å²) in [5.41, 5.74) is 1.94. The van der Waals surface area contributed by atoms with Crippen molar-refractivity contribution in [3.05, 3.63) is 42.2 Å². The maximum Gasteiger partial charge on any atom is 0.153 e. The number of hydrogen-bond acceptors (Lipinski definition) is 4. The van der Waals surface area contributed by atoms with Gasteiger partial charge in [0.1, 0.15) is 17.4 Å². The van der Waals surface area contributed by atoms with E-state index in [1.54, 1.807) is 6.33 Å². The monoisotopic (exact) mass is 245 g/mol.